The number of aromatic nitrogens is 1. The average Bonchev–Trinajstić information content (AvgIpc) is 2.31. The zero-order valence-corrected chi connectivity index (χ0v) is 14.0. The highest BCUT2D eigenvalue weighted by molar-refractivity contribution is 14.1. The molecule has 0 saturated carbocycles. The van der Waals surface area contributed by atoms with Crippen LogP contribution in [0.15, 0.2) is 45.9 Å². The zero-order valence-electron chi connectivity index (χ0n) is 9.47. The largest absolute Gasteiger partial charge is 0.383 e. The van der Waals surface area contributed by atoms with Crippen LogP contribution in [0.25, 0.3) is 0 Å². The number of halogens is 2. The maximum absolute atomic E-state index is 12.2. The van der Waals surface area contributed by atoms with Crippen LogP contribution >= 0.6 is 38.5 Å². The molecular formula is C11H9BrIN3O2S. The van der Waals surface area contributed by atoms with Crippen LogP contribution in [0.4, 0.5) is 11.5 Å². The molecular weight excluding hydrogens is 445 g/mol. The molecule has 0 aliphatic rings. The molecule has 0 atom stereocenters. The fourth-order valence-corrected chi connectivity index (χ4v) is 3.59. The van der Waals surface area contributed by atoms with E-state index in [2.05, 4.69) is 48.2 Å². The molecule has 0 amide bonds. The number of hydrogen-bond acceptors (Lipinski definition) is 4. The standard InChI is InChI=1S/C11H9BrIN3O2S/c12-7-4-10(11(14)15-6-7)19(17,18)16-9-3-1-2-8(13)5-9/h1-6,16H,(H2,14,15). The molecule has 0 aliphatic heterocycles. The summed E-state index contributed by atoms with van der Waals surface area (Å²) in [5.74, 6) is -0.0404. The van der Waals surface area contributed by atoms with E-state index in [1.807, 2.05) is 6.07 Å². The third-order valence-electron chi connectivity index (χ3n) is 2.21. The number of rotatable bonds is 3. The SMILES string of the molecule is Nc1ncc(Br)cc1S(=O)(=O)Nc1cccc(I)c1. The number of hydrogen-bond donors (Lipinski definition) is 2. The van der Waals surface area contributed by atoms with E-state index in [0.717, 1.165) is 3.57 Å². The highest BCUT2D eigenvalue weighted by Gasteiger charge is 2.19. The van der Waals surface area contributed by atoms with Gasteiger partial charge in [-0.1, -0.05) is 6.07 Å². The zero-order chi connectivity index (χ0) is 14.0. The number of nitrogen functional groups attached to an aromatic ring is 1. The van der Waals surface area contributed by atoms with Crippen LogP contribution in [0, 0.1) is 3.57 Å². The van der Waals surface area contributed by atoms with Gasteiger partial charge in [-0.2, -0.15) is 0 Å². The van der Waals surface area contributed by atoms with Gasteiger partial charge < -0.3 is 5.73 Å². The molecule has 0 radical (unpaired) electrons. The van der Waals surface area contributed by atoms with Crippen molar-refractivity contribution in [1.82, 2.24) is 4.98 Å². The quantitative estimate of drug-likeness (QED) is 0.699. The Bertz CT molecular complexity index is 722. The molecule has 0 spiro atoms. The topological polar surface area (TPSA) is 85.1 Å². The summed E-state index contributed by atoms with van der Waals surface area (Å²) in [6.45, 7) is 0. The van der Waals surface area contributed by atoms with Crippen molar-refractivity contribution in [3.8, 4) is 0 Å². The van der Waals surface area contributed by atoms with Crippen molar-refractivity contribution in [2.24, 2.45) is 0 Å². The molecule has 100 valence electrons. The normalized spacial score (nSPS) is 11.3. The van der Waals surface area contributed by atoms with E-state index in [1.165, 1.54) is 12.3 Å². The maximum Gasteiger partial charge on any atom is 0.265 e. The monoisotopic (exact) mass is 453 g/mol. The Kier molecular flexibility index (Phi) is 4.31. The lowest BCUT2D eigenvalue weighted by molar-refractivity contribution is 0.601. The second-order valence-electron chi connectivity index (χ2n) is 3.65. The van der Waals surface area contributed by atoms with E-state index in [-0.39, 0.29) is 10.7 Å². The molecule has 2 rings (SSSR count). The van der Waals surface area contributed by atoms with Crippen molar-refractivity contribution in [3.05, 3.63) is 44.6 Å². The third kappa shape index (κ3) is 3.57. The fourth-order valence-electron chi connectivity index (χ4n) is 1.41. The summed E-state index contributed by atoms with van der Waals surface area (Å²) in [6, 6.07) is 8.44. The van der Waals surface area contributed by atoms with Gasteiger partial charge in [-0.3, -0.25) is 4.72 Å². The molecule has 5 nitrogen and oxygen atoms in total. The van der Waals surface area contributed by atoms with E-state index >= 15 is 0 Å². The van der Waals surface area contributed by atoms with Gasteiger partial charge >= 0.3 is 0 Å². The van der Waals surface area contributed by atoms with Crippen LogP contribution < -0.4 is 10.5 Å². The van der Waals surface area contributed by atoms with Crippen molar-refractivity contribution in [2.75, 3.05) is 10.5 Å². The first kappa shape index (κ1) is 14.5. The van der Waals surface area contributed by atoms with E-state index in [1.54, 1.807) is 18.2 Å². The van der Waals surface area contributed by atoms with Crippen LogP contribution in [0.3, 0.4) is 0 Å². The van der Waals surface area contributed by atoms with Gasteiger partial charge in [-0.05, 0) is 62.8 Å². The van der Waals surface area contributed by atoms with Crippen molar-refractivity contribution in [1.29, 1.82) is 0 Å². The van der Waals surface area contributed by atoms with E-state index < -0.39 is 10.0 Å². The molecule has 8 heteroatoms. The smallest absolute Gasteiger partial charge is 0.265 e. The van der Waals surface area contributed by atoms with Crippen LogP contribution in [0.1, 0.15) is 0 Å². The van der Waals surface area contributed by atoms with Crippen LogP contribution in [-0.4, -0.2) is 13.4 Å². The number of nitrogens with zero attached hydrogens (tertiary/aromatic N) is 1. The summed E-state index contributed by atoms with van der Waals surface area (Å²) < 4.78 is 28.4. The fraction of sp³-hybridized carbons (Fsp3) is 0. The molecule has 2 aromatic rings. The van der Waals surface area contributed by atoms with Crippen molar-refractivity contribution in [3.63, 3.8) is 0 Å². The minimum absolute atomic E-state index is 0.0404. The minimum Gasteiger partial charge on any atom is -0.383 e. The summed E-state index contributed by atoms with van der Waals surface area (Å²) in [4.78, 5) is 3.76. The Hall–Kier alpha value is -0.870. The van der Waals surface area contributed by atoms with Gasteiger partial charge in [0, 0.05) is 19.9 Å². The molecule has 0 fully saturated rings. The predicted molar refractivity (Wildman–Crippen MR) is 86.3 cm³/mol. The second kappa shape index (κ2) is 5.63. The first-order chi connectivity index (χ1) is 8.88. The molecule has 19 heavy (non-hydrogen) atoms. The Labute approximate surface area is 132 Å². The number of nitrogens with two attached hydrogens (primary N) is 1. The molecule has 0 saturated heterocycles. The summed E-state index contributed by atoms with van der Waals surface area (Å²) >= 11 is 5.28. The maximum atomic E-state index is 12.2. The van der Waals surface area contributed by atoms with Gasteiger partial charge in [-0.25, -0.2) is 13.4 Å². The number of sulfonamides is 1. The van der Waals surface area contributed by atoms with Gasteiger partial charge in [0.05, 0.1) is 0 Å². The highest BCUT2D eigenvalue weighted by Crippen LogP contribution is 2.23. The van der Waals surface area contributed by atoms with Crippen LogP contribution in [0.2, 0.25) is 0 Å². The minimum atomic E-state index is -3.75. The Balaban J connectivity index is 2.40. The Morgan fingerprint density at radius 1 is 1.32 bits per heavy atom. The number of anilines is 2. The average molecular weight is 454 g/mol. The van der Waals surface area contributed by atoms with Crippen LogP contribution in [-0.2, 0) is 10.0 Å². The predicted octanol–water partition coefficient (Wildman–Crippen LogP) is 2.83. The van der Waals surface area contributed by atoms with E-state index in [0.29, 0.717) is 10.2 Å². The molecule has 3 N–H and O–H groups in total. The lowest BCUT2D eigenvalue weighted by atomic mass is 10.3. The summed E-state index contributed by atoms with van der Waals surface area (Å²) in [5.41, 5.74) is 6.08. The van der Waals surface area contributed by atoms with Crippen LogP contribution in [0.5, 0.6) is 0 Å². The molecule has 0 unspecified atom stereocenters. The second-order valence-corrected chi connectivity index (χ2v) is 7.46. The van der Waals surface area contributed by atoms with E-state index in [9.17, 15) is 8.42 Å². The Morgan fingerprint density at radius 2 is 2.05 bits per heavy atom. The molecule has 0 bridgehead atoms. The number of nitrogens with one attached hydrogen (secondary N) is 1. The van der Waals surface area contributed by atoms with Gasteiger partial charge in [0.1, 0.15) is 10.7 Å². The van der Waals surface area contributed by atoms with Crippen molar-refractivity contribution < 1.29 is 8.42 Å². The van der Waals surface area contributed by atoms with Crippen molar-refractivity contribution >= 4 is 60.0 Å². The first-order valence-corrected chi connectivity index (χ1v) is 8.43. The van der Waals surface area contributed by atoms with Gasteiger partial charge in [0.25, 0.3) is 10.0 Å². The molecule has 0 aliphatic carbocycles. The Morgan fingerprint density at radius 3 is 2.74 bits per heavy atom. The summed E-state index contributed by atoms with van der Waals surface area (Å²) in [7, 11) is -3.75. The molecule has 1 aromatic heterocycles. The van der Waals surface area contributed by atoms with E-state index in [4.69, 9.17) is 5.73 Å². The third-order valence-corrected chi connectivity index (χ3v) is 4.73. The number of benzene rings is 1. The first-order valence-electron chi connectivity index (χ1n) is 5.08. The molecule has 1 heterocycles. The summed E-state index contributed by atoms with van der Waals surface area (Å²) in [6.07, 6.45) is 1.44. The van der Waals surface area contributed by atoms with Crippen molar-refractivity contribution in [2.45, 2.75) is 4.90 Å². The lowest BCUT2D eigenvalue weighted by Crippen LogP contribution is -2.15. The summed E-state index contributed by atoms with van der Waals surface area (Å²) in [5, 5.41) is 0. The van der Waals surface area contributed by atoms with Gasteiger partial charge in [0.15, 0.2) is 0 Å². The van der Waals surface area contributed by atoms with Gasteiger partial charge in [0.2, 0.25) is 0 Å². The number of pyridine rings is 1. The van der Waals surface area contributed by atoms with Gasteiger partial charge in [-0.15, -0.1) is 0 Å². The lowest BCUT2D eigenvalue weighted by Gasteiger charge is -2.10. The molecule has 1 aromatic carbocycles. The highest BCUT2D eigenvalue weighted by atomic mass is 127.